The van der Waals surface area contributed by atoms with Gasteiger partial charge >= 0.3 is 0 Å². The van der Waals surface area contributed by atoms with E-state index in [4.69, 9.17) is 4.74 Å². The number of likely N-dealkylation sites (tertiary alicyclic amines) is 1. The molecule has 0 spiro atoms. The Hall–Kier alpha value is -1.77. The molecule has 4 heterocycles. The van der Waals surface area contributed by atoms with Crippen LogP contribution < -0.4 is 10.5 Å². The number of piperidine rings is 1. The Morgan fingerprint density at radius 2 is 2.04 bits per heavy atom. The third-order valence-corrected chi connectivity index (χ3v) is 6.40. The minimum Gasteiger partial charge on any atom is -0.378 e. The first-order valence-corrected chi connectivity index (χ1v) is 10.6. The number of nitrogens with one attached hydrogen (secondary N) is 1. The fourth-order valence-electron chi connectivity index (χ4n) is 3.78. The predicted octanol–water partition coefficient (Wildman–Crippen LogP) is 2.01. The van der Waals surface area contributed by atoms with Crippen molar-refractivity contribution in [1.82, 2.24) is 19.9 Å². The Labute approximate surface area is 163 Å². The van der Waals surface area contributed by atoms with Gasteiger partial charge in [-0.05, 0) is 25.9 Å². The van der Waals surface area contributed by atoms with Crippen LogP contribution in [0.15, 0.2) is 17.1 Å². The van der Waals surface area contributed by atoms with Crippen molar-refractivity contribution in [3.05, 3.63) is 39.0 Å². The molecule has 2 aliphatic heterocycles. The van der Waals surface area contributed by atoms with Gasteiger partial charge in [0.05, 0.1) is 18.9 Å². The molecule has 7 nitrogen and oxygen atoms in total. The molecular weight excluding hydrogens is 362 g/mol. The average Bonchev–Trinajstić information content (AvgIpc) is 3.17. The fraction of sp³-hybridized carbons (Fsp3) is 0.632. The second kappa shape index (κ2) is 8.50. The molecule has 2 saturated heterocycles. The van der Waals surface area contributed by atoms with Crippen LogP contribution in [-0.2, 0) is 17.7 Å². The van der Waals surface area contributed by atoms with Crippen molar-refractivity contribution in [1.29, 1.82) is 0 Å². The Kier molecular flexibility index (Phi) is 5.85. The maximum absolute atomic E-state index is 11.8. The molecule has 0 saturated carbocycles. The summed E-state index contributed by atoms with van der Waals surface area (Å²) in [5.41, 5.74) is 0.933. The van der Waals surface area contributed by atoms with Gasteiger partial charge in [-0.1, -0.05) is 6.92 Å². The van der Waals surface area contributed by atoms with Crippen LogP contribution in [0.2, 0.25) is 0 Å². The van der Waals surface area contributed by atoms with Crippen molar-refractivity contribution in [2.24, 2.45) is 0 Å². The van der Waals surface area contributed by atoms with Crippen LogP contribution in [0.4, 0.5) is 5.13 Å². The Morgan fingerprint density at radius 3 is 2.78 bits per heavy atom. The monoisotopic (exact) mass is 389 g/mol. The van der Waals surface area contributed by atoms with Crippen LogP contribution in [0.5, 0.6) is 0 Å². The molecule has 2 aromatic rings. The van der Waals surface area contributed by atoms with Gasteiger partial charge in [-0.25, -0.2) is 9.97 Å². The summed E-state index contributed by atoms with van der Waals surface area (Å²) in [4.78, 5) is 30.0. The highest BCUT2D eigenvalue weighted by Crippen LogP contribution is 2.29. The van der Waals surface area contributed by atoms with E-state index in [2.05, 4.69) is 24.8 Å². The number of aromatic nitrogens is 3. The molecule has 8 heteroatoms. The number of hydrogen-bond donors (Lipinski definition) is 1. The summed E-state index contributed by atoms with van der Waals surface area (Å²) in [7, 11) is 0. The topological polar surface area (TPSA) is 74.4 Å². The summed E-state index contributed by atoms with van der Waals surface area (Å²) in [5, 5.41) is 1.11. The summed E-state index contributed by atoms with van der Waals surface area (Å²) in [6.45, 7) is 8.49. The van der Waals surface area contributed by atoms with E-state index in [1.54, 1.807) is 17.4 Å². The SMILES string of the molecule is CCc1nc(C2CCN(Cc3cnc(N4CCOCC4)s3)CC2)cc(=O)[nH]1. The van der Waals surface area contributed by atoms with Crippen molar-refractivity contribution in [3.63, 3.8) is 0 Å². The third-order valence-electron chi connectivity index (χ3n) is 5.35. The first kappa shape index (κ1) is 18.6. The van der Waals surface area contributed by atoms with Gasteiger partial charge in [0.2, 0.25) is 0 Å². The van der Waals surface area contributed by atoms with Crippen LogP contribution in [0.3, 0.4) is 0 Å². The first-order valence-electron chi connectivity index (χ1n) is 9.81. The highest BCUT2D eigenvalue weighted by Gasteiger charge is 2.23. The maximum Gasteiger partial charge on any atom is 0.251 e. The van der Waals surface area contributed by atoms with Gasteiger partial charge in [0.15, 0.2) is 5.13 Å². The third kappa shape index (κ3) is 4.56. The molecule has 0 bridgehead atoms. The van der Waals surface area contributed by atoms with Crippen LogP contribution in [0.25, 0.3) is 0 Å². The van der Waals surface area contributed by atoms with E-state index in [1.807, 2.05) is 13.1 Å². The van der Waals surface area contributed by atoms with Gasteiger partial charge in [0.1, 0.15) is 5.82 Å². The zero-order chi connectivity index (χ0) is 18.6. The molecule has 0 unspecified atom stereocenters. The van der Waals surface area contributed by atoms with Crippen molar-refractivity contribution in [3.8, 4) is 0 Å². The van der Waals surface area contributed by atoms with Gasteiger partial charge in [0.25, 0.3) is 5.56 Å². The van der Waals surface area contributed by atoms with Gasteiger partial charge in [0, 0.05) is 49.1 Å². The highest BCUT2D eigenvalue weighted by atomic mass is 32.1. The highest BCUT2D eigenvalue weighted by molar-refractivity contribution is 7.15. The summed E-state index contributed by atoms with van der Waals surface area (Å²) in [6, 6.07) is 1.68. The smallest absolute Gasteiger partial charge is 0.251 e. The van der Waals surface area contributed by atoms with Crippen LogP contribution >= 0.6 is 11.3 Å². The molecule has 2 aromatic heterocycles. The molecule has 0 amide bonds. The normalized spacial score (nSPS) is 19.5. The fourth-order valence-corrected chi connectivity index (χ4v) is 4.79. The largest absolute Gasteiger partial charge is 0.378 e. The number of aromatic amines is 1. The van der Waals surface area contributed by atoms with Crippen LogP contribution in [-0.4, -0.2) is 59.2 Å². The summed E-state index contributed by atoms with van der Waals surface area (Å²) in [6.07, 6.45) is 4.88. The molecule has 0 aliphatic carbocycles. The lowest BCUT2D eigenvalue weighted by atomic mass is 9.93. The van der Waals surface area contributed by atoms with E-state index in [1.165, 1.54) is 4.88 Å². The Balaban J connectivity index is 1.33. The van der Waals surface area contributed by atoms with Crippen LogP contribution in [0, 0.1) is 0 Å². The molecule has 146 valence electrons. The standard InChI is InChI=1S/C19H27N5O2S/c1-2-17-21-16(11-18(25)22-17)14-3-5-23(6-4-14)13-15-12-20-19(27-15)24-7-9-26-10-8-24/h11-12,14H,2-10,13H2,1H3,(H,21,22,25). The second-order valence-electron chi connectivity index (χ2n) is 7.23. The number of rotatable bonds is 5. The predicted molar refractivity (Wildman–Crippen MR) is 107 cm³/mol. The number of morpholine rings is 1. The zero-order valence-electron chi connectivity index (χ0n) is 15.8. The lowest BCUT2D eigenvalue weighted by molar-refractivity contribution is 0.122. The summed E-state index contributed by atoms with van der Waals surface area (Å²) >= 11 is 1.80. The number of aryl methyl sites for hydroxylation is 1. The zero-order valence-corrected chi connectivity index (χ0v) is 16.6. The second-order valence-corrected chi connectivity index (χ2v) is 8.32. The minimum atomic E-state index is -0.0282. The number of thiazole rings is 1. The summed E-state index contributed by atoms with van der Waals surface area (Å²) in [5.74, 6) is 1.18. The lowest BCUT2D eigenvalue weighted by Crippen LogP contribution is -2.36. The molecule has 0 atom stereocenters. The Morgan fingerprint density at radius 1 is 1.26 bits per heavy atom. The van der Waals surface area contributed by atoms with Crippen molar-refractivity contribution >= 4 is 16.5 Å². The van der Waals surface area contributed by atoms with Crippen molar-refractivity contribution in [2.45, 2.75) is 38.6 Å². The molecular formula is C19H27N5O2S. The van der Waals surface area contributed by atoms with Crippen molar-refractivity contribution < 1.29 is 4.74 Å². The molecule has 0 aromatic carbocycles. The van der Waals surface area contributed by atoms with Gasteiger partial charge < -0.3 is 14.6 Å². The van der Waals surface area contributed by atoms with E-state index in [-0.39, 0.29) is 5.56 Å². The first-order chi connectivity index (χ1) is 13.2. The number of ether oxygens (including phenoxy) is 1. The van der Waals surface area contributed by atoms with Gasteiger partial charge in [-0.2, -0.15) is 0 Å². The average molecular weight is 390 g/mol. The van der Waals surface area contributed by atoms with E-state index < -0.39 is 0 Å². The van der Waals surface area contributed by atoms with Gasteiger partial charge in [-0.3, -0.25) is 9.69 Å². The number of nitrogens with zero attached hydrogens (tertiary/aromatic N) is 4. The van der Waals surface area contributed by atoms with Crippen molar-refractivity contribution in [2.75, 3.05) is 44.3 Å². The number of H-pyrrole nitrogens is 1. The minimum absolute atomic E-state index is 0.0282. The van der Waals surface area contributed by atoms with Gasteiger partial charge in [-0.15, -0.1) is 11.3 Å². The van der Waals surface area contributed by atoms with E-state index in [9.17, 15) is 4.79 Å². The number of hydrogen-bond acceptors (Lipinski definition) is 7. The molecule has 4 rings (SSSR count). The molecule has 27 heavy (non-hydrogen) atoms. The van der Waals surface area contributed by atoms with Crippen LogP contribution in [0.1, 0.15) is 42.1 Å². The summed E-state index contributed by atoms with van der Waals surface area (Å²) < 4.78 is 5.42. The van der Waals surface area contributed by atoms with E-state index in [0.717, 1.165) is 81.8 Å². The molecule has 2 fully saturated rings. The maximum atomic E-state index is 11.8. The molecule has 0 radical (unpaired) electrons. The van der Waals surface area contributed by atoms with E-state index in [0.29, 0.717) is 5.92 Å². The quantitative estimate of drug-likeness (QED) is 0.843. The number of anilines is 1. The molecule has 1 N–H and O–H groups in total. The van der Waals surface area contributed by atoms with E-state index >= 15 is 0 Å². The lowest BCUT2D eigenvalue weighted by Gasteiger charge is -2.31. The Bertz CT molecular complexity index is 806. The molecule has 2 aliphatic rings.